The van der Waals surface area contributed by atoms with E-state index >= 15 is 0 Å². The number of amides is 3. The molecule has 1 aromatic rings. The fourth-order valence-electron chi connectivity index (χ4n) is 2.95. The maximum atomic E-state index is 12.3. The summed E-state index contributed by atoms with van der Waals surface area (Å²) in [5.41, 5.74) is 0.900. The predicted molar refractivity (Wildman–Crippen MR) is 78.8 cm³/mol. The van der Waals surface area contributed by atoms with Gasteiger partial charge in [0.05, 0.1) is 6.42 Å². The number of aromatic nitrogens is 1. The standard InChI is InChI=1S/C15H20N4O3/c20-13-4-3-12(17-13)15(22)19-8-6-18(7-9-19)14(21)10-11-2-1-5-16-11/h1-2,5,12,16H,3-4,6-10H2,(H,17,20). The van der Waals surface area contributed by atoms with Crippen molar-refractivity contribution in [3.05, 3.63) is 24.0 Å². The zero-order valence-electron chi connectivity index (χ0n) is 12.4. The quantitative estimate of drug-likeness (QED) is 0.790. The molecule has 3 rings (SSSR count). The summed E-state index contributed by atoms with van der Waals surface area (Å²) in [7, 11) is 0. The highest BCUT2D eigenvalue weighted by atomic mass is 16.2. The van der Waals surface area contributed by atoms with Crippen molar-refractivity contribution in [3.63, 3.8) is 0 Å². The summed E-state index contributed by atoms with van der Waals surface area (Å²) < 4.78 is 0. The highest BCUT2D eigenvalue weighted by molar-refractivity contribution is 5.91. The minimum absolute atomic E-state index is 0.0256. The molecule has 1 aromatic heterocycles. The topological polar surface area (TPSA) is 85.5 Å². The van der Waals surface area contributed by atoms with Gasteiger partial charge in [0.1, 0.15) is 6.04 Å². The third-order valence-electron chi connectivity index (χ3n) is 4.24. The maximum Gasteiger partial charge on any atom is 0.245 e. The molecular formula is C15H20N4O3. The number of piperazine rings is 1. The van der Waals surface area contributed by atoms with Gasteiger partial charge < -0.3 is 20.1 Å². The number of rotatable bonds is 3. The van der Waals surface area contributed by atoms with Crippen LogP contribution < -0.4 is 5.32 Å². The van der Waals surface area contributed by atoms with Gasteiger partial charge in [0.25, 0.3) is 0 Å². The Bertz CT molecular complexity index is 561. The molecule has 2 saturated heterocycles. The molecule has 118 valence electrons. The number of H-pyrrole nitrogens is 1. The molecule has 3 heterocycles. The first-order valence-corrected chi connectivity index (χ1v) is 7.61. The van der Waals surface area contributed by atoms with E-state index in [2.05, 4.69) is 10.3 Å². The predicted octanol–water partition coefficient (Wildman–Crippen LogP) is -0.493. The zero-order chi connectivity index (χ0) is 15.5. The molecule has 0 aliphatic carbocycles. The number of nitrogens with one attached hydrogen (secondary N) is 2. The lowest BCUT2D eigenvalue weighted by Gasteiger charge is -2.35. The molecule has 7 heteroatoms. The number of nitrogens with zero attached hydrogens (tertiary/aromatic N) is 2. The normalized spacial score (nSPS) is 21.8. The molecule has 2 aliphatic heterocycles. The van der Waals surface area contributed by atoms with Gasteiger partial charge in [0, 0.05) is 44.5 Å². The molecule has 7 nitrogen and oxygen atoms in total. The van der Waals surface area contributed by atoms with E-state index in [1.54, 1.807) is 16.0 Å². The van der Waals surface area contributed by atoms with Crippen molar-refractivity contribution < 1.29 is 14.4 Å². The molecule has 2 N–H and O–H groups in total. The van der Waals surface area contributed by atoms with Crippen molar-refractivity contribution in [1.82, 2.24) is 20.1 Å². The Kier molecular flexibility index (Phi) is 4.13. The van der Waals surface area contributed by atoms with Crippen LogP contribution in [0.2, 0.25) is 0 Å². The van der Waals surface area contributed by atoms with Gasteiger partial charge in [-0.2, -0.15) is 0 Å². The van der Waals surface area contributed by atoms with Gasteiger partial charge in [-0.05, 0) is 18.6 Å². The first kappa shape index (κ1) is 14.6. The molecule has 2 aliphatic rings. The Morgan fingerprint density at radius 2 is 1.91 bits per heavy atom. The second-order valence-corrected chi connectivity index (χ2v) is 5.74. The summed E-state index contributed by atoms with van der Waals surface area (Å²) >= 11 is 0. The van der Waals surface area contributed by atoms with E-state index in [-0.39, 0.29) is 23.8 Å². The van der Waals surface area contributed by atoms with Crippen molar-refractivity contribution in [3.8, 4) is 0 Å². The lowest BCUT2D eigenvalue weighted by Crippen LogP contribution is -2.54. The smallest absolute Gasteiger partial charge is 0.245 e. The first-order chi connectivity index (χ1) is 10.6. The zero-order valence-corrected chi connectivity index (χ0v) is 12.4. The molecule has 0 spiro atoms. The summed E-state index contributed by atoms with van der Waals surface area (Å²) in [6.07, 6.45) is 3.16. The molecule has 2 fully saturated rings. The minimum Gasteiger partial charge on any atom is -0.365 e. The van der Waals surface area contributed by atoms with Gasteiger partial charge in [0.15, 0.2) is 0 Å². The molecule has 0 saturated carbocycles. The van der Waals surface area contributed by atoms with Crippen LogP contribution in [-0.4, -0.2) is 64.7 Å². The van der Waals surface area contributed by atoms with E-state index < -0.39 is 0 Å². The third-order valence-corrected chi connectivity index (χ3v) is 4.24. The summed E-state index contributed by atoms with van der Waals surface area (Å²) in [6, 6.07) is 3.38. The molecular weight excluding hydrogens is 284 g/mol. The fourth-order valence-corrected chi connectivity index (χ4v) is 2.95. The van der Waals surface area contributed by atoms with E-state index in [1.165, 1.54) is 0 Å². The number of hydrogen-bond acceptors (Lipinski definition) is 3. The van der Waals surface area contributed by atoms with Crippen LogP contribution in [0.1, 0.15) is 18.5 Å². The molecule has 1 unspecified atom stereocenters. The van der Waals surface area contributed by atoms with E-state index in [0.29, 0.717) is 45.4 Å². The van der Waals surface area contributed by atoms with E-state index in [1.807, 2.05) is 12.1 Å². The Morgan fingerprint density at radius 1 is 1.18 bits per heavy atom. The number of hydrogen-bond donors (Lipinski definition) is 2. The second kappa shape index (κ2) is 6.21. The SMILES string of the molecule is O=C1CCC(C(=O)N2CCN(C(=O)Cc3ccc[nH]3)CC2)N1. The van der Waals surface area contributed by atoms with Crippen LogP contribution in [0.4, 0.5) is 0 Å². The van der Waals surface area contributed by atoms with Crippen molar-refractivity contribution >= 4 is 17.7 Å². The van der Waals surface area contributed by atoms with E-state index in [9.17, 15) is 14.4 Å². The van der Waals surface area contributed by atoms with Crippen LogP contribution in [0, 0.1) is 0 Å². The van der Waals surface area contributed by atoms with Gasteiger partial charge in [-0.25, -0.2) is 0 Å². The number of carbonyl (C=O) groups excluding carboxylic acids is 3. The molecule has 3 amide bonds. The Balaban J connectivity index is 1.48. The van der Waals surface area contributed by atoms with Gasteiger partial charge in [0.2, 0.25) is 17.7 Å². The Labute approximate surface area is 128 Å². The van der Waals surface area contributed by atoms with Gasteiger partial charge >= 0.3 is 0 Å². The highest BCUT2D eigenvalue weighted by Gasteiger charge is 2.32. The second-order valence-electron chi connectivity index (χ2n) is 5.74. The van der Waals surface area contributed by atoms with Crippen LogP contribution in [0.15, 0.2) is 18.3 Å². The number of aromatic amines is 1. The molecule has 22 heavy (non-hydrogen) atoms. The van der Waals surface area contributed by atoms with Crippen molar-refractivity contribution in [2.45, 2.75) is 25.3 Å². The fraction of sp³-hybridized carbons (Fsp3) is 0.533. The molecule has 1 atom stereocenters. The largest absolute Gasteiger partial charge is 0.365 e. The third kappa shape index (κ3) is 3.13. The summed E-state index contributed by atoms with van der Waals surface area (Å²) in [6.45, 7) is 2.15. The monoisotopic (exact) mass is 304 g/mol. The Hall–Kier alpha value is -2.31. The van der Waals surface area contributed by atoms with Crippen LogP contribution in [0.3, 0.4) is 0 Å². The van der Waals surface area contributed by atoms with E-state index in [4.69, 9.17) is 0 Å². The van der Waals surface area contributed by atoms with Crippen molar-refractivity contribution in [1.29, 1.82) is 0 Å². The first-order valence-electron chi connectivity index (χ1n) is 7.61. The molecule has 0 aromatic carbocycles. The van der Waals surface area contributed by atoms with Crippen LogP contribution >= 0.6 is 0 Å². The van der Waals surface area contributed by atoms with Gasteiger partial charge in [-0.15, -0.1) is 0 Å². The van der Waals surface area contributed by atoms with Crippen LogP contribution in [0.25, 0.3) is 0 Å². The summed E-state index contributed by atoms with van der Waals surface area (Å²) in [5.74, 6) is -0.0100. The number of carbonyl (C=O) groups is 3. The Morgan fingerprint density at radius 3 is 2.50 bits per heavy atom. The minimum atomic E-state index is -0.381. The van der Waals surface area contributed by atoms with Gasteiger partial charge in [-0.1, -0.05) is 0 Å². The van der Waals surface area contributed by atoms with Crippen LogP contribution in [-0.2, 0) is 20.8 Å². The average Bonchev–Trinajstić information content (AvgIpc) is 3.18. The summed E-state index contributed by atoms with van der Waals surface area (Å²) in [5, 5.41) is 2.70. The molecule has 0 bridgehead atoms. The van der Waals surface area contributed by atoms with Crippen molar-refractivity contribution in [2.75, 3.05) is 26.2 Å². The molecule has 0 radical (unpaired) electrons. The average molecular weight is 304 g/mol. The van der Waals surface area contributed by atoms with Crippen LogP contribution in [0.5, 0.6) is 0 Å². The van der Waals surface area contributed by atoms with E-state index in [0.717, 1.165) is 5.69 Å². The summed E-state index contributed by atoms with van der Waals surface area (Å²) in [4.78, 5) is 42.2. The highest BCUT2D eigenvalue weighted by Crippen LogP contribution is 2.12. The lowest BCUT2D eigenvalue weighted by atomic mass is 10.1. The maximum absolute atomic E-state index is 12.3. The van der Waals surface area contributed by atoms with Crippen molar-refractivity contribution in [2.24, 2.45) is 0 Å². The lowest BCUT2D eigenvalue weighted by molar-refractivity contribution is -0.140. The van der Waals surface area contributed by atoms with Gasteiger partial charge in [-0.3, -0.25) is 14.4 Å².